The van der Waals surface area contributed by atoms with Crippen molar-refractivity contribution in [2.24, 2.45) is 11.5 Å². The van der Waals surface area contributed by atoms with E-state index >= 15 is 0 Å². The number of benzene rings is 1. The Bertz CT molecular complexity index is 467. The van der Waals surface area contributed by atoms with E-state index < -0.39 is 18.2 Å². The highest BCUT2D eigenvalue weighted by Crippen LogP contribution is 2.16. The Morgan fingerprint density at radius 3 is 2.63 bits per heavy atom. The highest BCUT2D eigenvalue weighted by Gasteiger charge is 2.16. The van der Waals surface area contributed by atoms with Crippen molar-refractivity contribution in [3.63, 3.8) is 0 Å². The summed E-state index contributed by atoms with van der Waals surface area (Å²) in [5.41, 5.74) is 11.6. The molecule has 0 saturated carbocycles. The standard InChI is InChI=1S/C12H16ClN3O3/c1-16(11(15)17)12(18)19-7-9(14)6-8-4-2-3-5-10(8)13/h2-5,9H,6-7,14H2,1H3,(H2,15,17)/t9-/m1/s1. The van der Waals surface area contributed by atoms with Crippen molar-refractivity contribution in [2.45, 2.75) is 12.5 Å². The molecular weight excluding hydrogens is 270 g/mol. The van der Waals surface area contributed by atoms with E-state index in [-0.39, 0.29) is 6.61 Å². The molecule has 0 radical (unpaired) electrons. The van der Waals surface area contributed by atoms with Crippen LogP contribution in [0.4, 0.5) is 9.59 Å². The maximum absolute atomic E-state index is 11.3. The van der Waals surface area contributed by atoms with E-state index in [1.54, 1.807) is 6.07 Å². The number of hydrogen-bond acceptors (Lipinski definition) is 4. The van der Waals surface area contributed by atoms with Crippen LogP contribution < -0.4 is 11.5 Å². The molecule has 0 aliphatic carbocycles. The molecule has 1 aromatic rings. The van der Waals surface area contributed by atoms with E-state index in [0.29, 0.717) is 16.3 Å². The van der Waals surface area contributed by atoms with Crippen LogP contribution in [0.1, 0.15) is 5.56 Å². The van der Waals surface area contributed by atoms with E-state index in [9.17, 15) is 9.59 Å². The number of nitrogens with two attached hydrogens (primary N) is 2. The Kier molecular flexibility index (Phi) is 5.59. The number of rotatable bonds is 4. The Hall–Kier alpha value is -1.79. The van der Waals surface area contributed by atoms with Crippen LogP contribution in [0.3, 0.4) is 0 Å². The molecule has 19 heavy (non-hydrogen) atoms. The van der Waals surface area contributed by atoms with Gasteiger partial charge in [0.2, 0.25) is 0 Å². The van der Waals surface area contributed by atoms with Gasteiger partial charge in [0, 0.05) is 18.1 Å². The Labute approximate surface area is 116 Å². The zero-order valence-electron chi connectivity index (χ0n) is 10.5. The van der Waals surface area contributed by atoms with Gasteiger partial charge in [-0.3, -0.25) is 0 Å². The van der Waals surface area contributed by atoms with Gasteiger partial charge >= 0.3 is 12.1 Å². The molecule has 0 unspecified atom stereocenters. The van der Waals surface area contributed by atoms with Crippen molar-refractivity contribution >= 4 is 23.7 Å². The second-order valence-corrected chi connectivity index (χ2v) is 4.44. The molecule has 0 aliphatic heterocycles. The molecule has 0 heterocycles. The predicted octanol–water partition coefficient (Wildman–Crippen LogP) is 1.36. The lowest BCUT2D eigenvalue weighted by molar-refractivity contribution is 0.112. The van der Waals surface area contributed by atoms with Gasteiger partial charge < -0.3 is 16.2 Å². The Morgan fingerprint density at radius 2 is 2.05 bits per heavy atom. The van der Waals surface area contributed by atoms with Crippen molar-refractivity contribution in [2.75, 3.05) is 13.7 Å². The molecule has 4 N–H and O–H groups in total. The monoisotopic (exact) mass is 285 g/mol. The summed E-state index contributed by atoms with van der Waals surface area (Å²) in [4.78, 5) is 22.7. The SMILES string of the molecule is CN(C(N)=O)C(=O)OC[C@H](N)Cc1ccccc1Cl. The number of ether oxygens (including phenoxy) is 1. The minimum absolute atomic E-state index is 0.0261. The van der Waals surface area contributed by atoms with E-state index in [1.165, 1.54) is 7.05 Å². The molecule has 0 bridgehead atoms. The molecule has 0 spiro atoms. The molecule has 1 atom stereocenters. The third-order valence-corrected chi connectivity index (χ3v) is 2.83. The number of urea groups is 1. The summed E-state index contributed by atoms with van der Waals surface area (Å²) < 4.78 is 4.86. The summed E-state index contributed by atoms with van der Waals surface area (Å²) >= 11 is 5.99. The minimum Gasteiger partial charge on any atom is -0.447 e. The first-order valence-corrected chi connectivity index (χ1v) is 5.98. The lowest BCUT2D eigenvalue weighted by atomic mass is 10.1. The molecule has 3 amide bonds. The van der Waals surface area contributed by atoms with Gasteiger partial charge in [0.1, 0.15) is 6.61 Å². The highest BCUT2D eigenvalue weighted by atomic mass is 35.5. The summed E-state index contributed by atoms with van der Waals surface area (Å²) in [7, 11) is 1.23. The smallest absolute Gasteiger partial charge is 0.417 e. The van der Waals surface area contributed by atoms with E-state index in [4.69, 9.17) is 27.8 Å². The first-order chi connectivity index (χ1) is 8.91. The summed E-state index contributed by atoms with van der Waals surface area (Å²) in [6.07, 6.45) is -0.366. The van der Waals surface area contributed by atoms with Gasteiger partial charge in [0.15, 0.2) is 0 Å². The van der Waals surface area contributed by atoms with Crippen molar-refractivity contribution < 1.29 is 14.3 Å². The summed E-state index contributed by atoms with van der Waals surface area (Å²) in [6.45, 7) is -0.0261. The molecule has 0 saturated heterocycles. The first-order valence-electron chi connectivity index (χ1n) is 5.60. The number of amides is 3. The average molecular weight is 286 g/mol. The number of primary amides is 1. The zero-order valence-corrected chi connectivity index (χ0v) is 11.3. The summed E-state index contributed by atoms with van der Waals surface area (Å²) in [6, 6.07) is 5.98. The molecule has 0 fully saturated rings. The molecule has 7 heteroatoms. The van der Waals surface area contributed by atoms with Crippen LogP contribution in [-0.2, 0) is 11.2 Å². The zero-order chi connectivity index (χ0) is 14.4. The van der Waals surface area contributed by atoms with Crippen LogP contribution in [0.15, 0.2) is 24.3 Å². The maximum Gasteiger partial charge on any atom is 0.417 e. The van der Waals surface area contributed by atoms with Crippen molar-refractivity contribution in [3.05, 3.63) is 34.9 Å². The van der Waals surface area contributed by atoms with Crippen molar-refractivity contribution in [3.8, 4) is 0 Å². The number of carbonyl (C=O) groups is 2. The number of nitrogens with zero attached hydrogens (tertiary/aromatic N) is 1. The van der Waals surface area contributed by atoms with Gasteiger partial charge in [0.05, 0.1) is 0 Å². The molecule has 0 aliphatic rings. The normalized spacial score (nSPS) is 11.7. The molecule has 1 rings (SSSR count). The number of hydrogen-bond donors (Lipinski definition) is 2. The van der Waals surface area contributed by atoms with Gasteiger partial charge in [-0.25, -0.2) is 14.5 Å². The molecule has 1 aromatic carbocycles. The van der Waals surface area contributed by atoms with Gasteiger partial charge in [-0.05, 0) is 18.1 Å². The fourth-order valence-electron chi connectivity index (χ4n) is 1.37. The molecule has 104 valence electrons. The summed E-state index contributed by atoms with van der Waals surface area (Å²) in [5.74, 6) is 0. The predicted molar refractivity (Wildman–Crippen MR) is 71.8 cm³/mol. The van der Waals surface area contributed by atoms with Crippen LogP contribution >= 0.6 is 11.6 Å². The fraction of sp³-hybridized carbons (Fsp3) is 0.333. The summed E-state index contributed by atoms with van der Waals surface area (Å²) in [5, 5.41) is 0.610. The minimum atomic E-state index is -0.885. The van der Waals surface area contributed by atoms with Crippen LogP contribution in [0.2, 0.25) is 5.02 Å². The maximum atomic E-state index is 11.3. The average Bonchev–Trinajstić information content (AvgIpc) is 2.37. The second-order valence-electron chi connectivity index (χ2n) is 4.03. The number of halogens is 1. The highest BCUT2D eigenvalue weighted by molar-refractivity contribution is 6.31. The number of carbonyl (C=O) groups excluding carboxylic acids is 2. The lowest BCUT2D eigenvalue weighted by Crippen LogP contribution is -2.40. The second kappa shape index (κ2) is 6.96. The van der Waals surface area contributed by atoms with Gasteiger partial charge in [0.25, 0.3) is 0 Å². The largest absolute Gasteiger partial charge is 0.447 e. The van der Waals surface area contributed by atoms with Crippen molar-refractivity contribution in [1.82, 2.24) is 4.90 Å². The first kappa shape index (κ1) is 15.3. The van der Waals surface area contributed by atoms with Gasteiger partial charge in [-0.1, -0.05) is 29.8 Å². The van der Waals surface area contributed by atoms with Gasteiger partial charge in [-0.2, -0.15) is 0 Å². The Balaban J connectivity index is 2.44. The lowest BCUT2D eigenvalue weighted by Gasteiger charge is -2.16. The quantitative estimate of drug-likeness (QED) is 0.872. The van der Waals surface area contributed by atoms with Crippen LogP contribution in [0.25, 0.3) is 0 Å². The van der Waals surface area contributed by atoms with E-state index in [0.717, 1.165) is 5.56 Å². The topological polar surface area (TPSA) is 98.6 Å². The fourth-order valence-corrected chi connectivity index (χ4v) is 1.58. The van der Waals surface area contributed by atoms with E-state index in [1.807, 2.05) is 18.2 Å². The molecular formula is C12H16ClN3O3. The van der Waals surface area contributed by atoms with Crippen LogP contribution in [0, 0.1) is 0 Å². The molecule has 6 nitrogen and oxygen atoms in total. The van der Waals surface area contributed by atoms with Crippen molar-refractivity contribution in [1.29, 1.82) is 0 Å². The van der Waals surface area contributed by atoms with Gasteiger partial charge in [-0.15, -0.1) is 0 Å². The van der Waals surface area contributed by atoms with Crippen LogP contribution in [0.5, 0.6) is 0 Å². The number of imide groups is 1. The van der Waals surface area contributed by atoms with Crippen LogP contribution in [-0.4, -0.2) is 36.7 Å². The Morgan fingerprint density at radius 1 is 1.42 bits per heavy atom. The molecule has 0 aromatic heterocycles. The third-order valence-electron chi connectivity index (χ3n) is 2.47. The third kappa shape index (κ3) is 4.76. The van der Waals surface area contributed by atoms with E-state index in [2.05, 4.69) is 0 Å².